The number of sulfonamides is 1. The van der Waals surface area contributed by atoms with Crippen LogP contribution in [0.1, 0.15) is 24.0 Å². The lowest BCUT2D eigenvalue weighted by molar-refractivity contribution is 0.122. The number of ether oxygens (including phenoxy) is 2. The molecule has 0 aromatic heterocycles. The van der Waals surface area contributed by atoms with Crippen LogP contribution in [0, 0.1) is 0 Å². The van der Waals surface area contributed by atoms with Crippen LogP contribution < -0.4 is 10.0 Å². The van der Waals surface area contributed by atoms with Gasteiger partial charge in [0.15, 0.2) is 0 Å². The minimum atomic E-state index is -3.53. The van der Waals surface area contributed by atoms with Crippen molar-refractivity contribution >= 4 is 10.0 Å². The highest BCUT2D eigenvalue weighted by Gasteiger charge is 2.34. The van der Waals surface area contributed by atoms with E-state index in [0.717, 1.165) is 30.5 Å². The van der Waals surface area contributed by atoms with Crippen molar-refractivity contribution in [2.75, 3.05) is 26.8 Å². The average Bonchev–Trinajstić information content (AvgIpc) is 3.14. The van der Waals surface area contributed by atoms with Gasteiger partial charge < -0.3 is 14.8 Å². The van der Waals surface area contributed by atoms with Crippen LogP contribution in [-0.4, -0.2) is 40.8 Å². The molecule has 1 unspecified atom stereocenters. The molecule has 0 saturated carbocycles. The topological polar surface area (TPSA) is 76.7 Å². The lowest BCUT2D eigenvalue weighted by atomic mass is 9.99. The molecule has 2 aliphatic rings. The first-order valence-electron chi connectivity index (χ1n) is 7.48. The zero-order valence-electron chi connectivity index (χ0n) is 12.7. The molecule has 1 fully saturated rings. The Balaban J connectivity index is 1.73. The van der Waals surface area contributed by atoms with Crippen LogP contribution in [0.3, 0.4) is 0 Å². The number of hydrogen-bond acceptors (Lipinski definition) is 5. The number of hydrogen-bond donors (Lipinski definition) is 2. The number of methoxy groups -OCH3 is 1. The molecule has 1 aromatic carbocycles. The Morgan fingerprint density at radius 1 is 1.36 bits per heavy atom. The van der Waals surface area contributed by atoms with E-state index in [2.05, 4.69) is 10.0 Å². The predicted octanol–water partition coefficient (Wildman–Crippen LogP) is 0.764. The number of benzene rings is 1. The molecule has 0 bridgehead atoms. The van der Waals surface area contributed by atoms with Crippen LogP contribution >= 0.6 is 0 Å². The predicted molar refractivity (Wildman–Crippen MR) is 82.0 cm³/mol. The maximum absolute atomic E-state index is 12.5. The summed E-state index contributed by atoms with van der Waals surface area (Å²) in [6, 6.07) is 5.17. The molecule has 0 amide bonds. The summed E-state index contributed by atoms with van der Waals surface area (Å²) in [5.41, 5.74) is 1.71. The van der Waals surface area contributed by atoms with Crippen molar-refractivity contribution in [1.82, 2.24) is 10.0 Å². The van der Waals surface area contributed by atoms with E-state index in [1.54, 1.807) is 19.2 Å². The Morgan fingerprint density at radius 2 is 2.18 bits per heavy atom. The second-order valence-electron chi connectivity index (χ2n) is 5.99. The third-order valence-corrected chi connectivity index (χ3v) is 5.76. The summed E-state index contributed by atoms with van der Waals surface area (Å²) in [6.07, 6.45) is 1.93. The molecule has 7 heteroatoms. The van der Waals surface area contributed by atoms with Gasteiger partial charge in [0.1, 0.15) is 0 Å². The summed E-state index contributed by atoms with van der Waals surface area (Å²) >= 11 is 0. The Hall–Kier alpha value is -0.990. The van der Waals surface area contributed by atoms with Crippen molar-refractivity contribution in [3.8, 4) is 0 Å². The van der Waals surface area contributed by atoms with Crippen molar-refractivity contribution in [2.24, 2.45) is 0 Å². The maximum Gasteiger partial charge on any atom is 0.240 e. The first-order chi connectivity index (χ1) is 10.5. The second-order valence-corrected chi connectivity index (χ2v) is 7.76. The van der Waals surface area contributed by atoms with E-state index < -0.39 is 10.0 Å². The van der Waals surface area contributed by atoms with Crippen molar-refractivity contribution in [1.29, 1.82) is 0 Å². The smallest absolute Gasteiger partial charge is 0.240 e. The molecule has 0 aliphatic carbocycles. The molecule has 1 atom stereocenters. The van der Waals surface area contributed by atoms with Gasteiger partial charge in [-0.15, -0.1) is 0 Å². The first-order valence-corrected chi connectivity index (χ1v) is 8.96. The van der Waals surface area contributed by atoms with Gasteiger partial charge in [-0.05, 0) is 42.6 Å². The summed E-state index contributed by atoms with van der Waals surface area (Å²) < 4.78 is 38.3. The standard InChI is InChI=1S/C15H22N2O4S/c1-20-11-15(5-2-6-16-15)10-17-22(18,19)14-4-3-12-8-21-9-13(12)7-14/h3-4,7,16-17H,2,5-6,8-11H2,1H3. The van der Waals surface area contributed by atoms with Crippen molar-refractivity contribution in [2.45, 2.75) is 36.5 Å². The molecule has 3 rings (SSSR count). The molecule has 6 nitrogen and oxygen atoms in total. The van der Waals surface area contributed by atoms with E-state index in [1.807, 2.05) is 6.07 Å². The lowest BCUT2D eigenvalue weighted by Crippen LogP contribution is -2.52. The highest BCUT2D eigenvalue weighted by atomic mass is 32.2. The average molecular weight is 326 g/mol. The third-order valence-electron chi connectivity index (χ3n) is 4.36. The van der Waals surface area contributed by atoms with Crippen molar-refractivity contribution in [3.63, 3.8) is 0 Å². The van der Waals surface area contributed by atoms with Crippen LogP contribution in [0.4, 0.5) is 0 Å². The molecule has 1 saturated heterocycles. The molecule has 0 radical (unpaired) electrons. The van der Waals surface area contributed by atoms with Crippen molar-refractivity contribution in [3.05, 3.63) is 29.3 Å². The summed E-state index contributed by atoms with van der Waals surface area (Å²) in [4.78, 5) is 0.294. The third kappa shape index (κ3) is 3.18. The lowest BCUT2D eigenvalue weighted by Gasteiger charge is -2.28. The van der Waals surface area contributed by atoms with Gasteiger partial charge in [0.2, 0.25) is 10.0 Å². The molecule has 1 aromatic rings. The van der Waals surface area contributed by atoms with Crippen LogP contribution in [-0.2, 0) is 32.7 Å². The Bertz CT molecular complexity index is 639. The minimum absolute atomic E-state index is 0.294. The monoisotopic (exact) mass is 326 g/mol. The zero-order chi connectivity index (χ0) is 15.6. The summed E-state index contributed by atoms with van der Waals surface area (Å²) in [5.74, 6) is 0. The fourth-order valence-electron chi connectivity index (χ4n) is 3.10. The van der Waals surface area contributed by atoms with Crippen LogP contribution in [0.2, 0.25) is 0 Å². The molecule has 2 N–H and O–H groups in total. The SMILES string of the molecule is COCC1(CNS(=O)(=O)c2ccc3c(c2)COC3)CCCN1. The number of rotatable bonds is 6. The fourth-order valence-corrected chi connectivity index (χ4v) is 4.28. The maximum atomic E-state index is 12.5. The minimum Gasteiger partial charge on any atom is -0.383 e. The van der Waals surface area contributed by atoms with Gasteiger partial charge >= 0.3 is 0 Å². The Morgan fingerprint density at radius 3 is 2.91 bits per heavy atom. The van der Waals surface area contributed by atoms with E-state index in [4.69, 9.17) is 9.47 Å². The van der Waals surface area contributed by atoms with Gasteiger partial charge in [-0.2, -0.15) is 0 Å². The molecule has 0 spiro atoms. The van der Waals surface area contributed by atoms with Gasteiger partial charge in [-0.3, -0.25) is 0 Å². The quantitative estimate of drug-likeness (QED) is 0.807. The van der Waals surface area contributed by atoms with Gasteiger partial charge in [0, 0.05) is 13.7 Å². The highest BCUT2D eigenvalue weighted by molar-refractivity contribution is 7.89. The molecular weight excluding hydrogens is 304 g/mol. The molecule has 22 heavy (non-hydrogen) atoms. The molecule has 122 valence electrons. The van der Waals surface area contributed by atoms with Crippen LogP contribution in [0.25, 0.3) is 0 Å². The fraction of sp³-hybridized carbons (Fsp3) is 0.600. The Kier molecular flexibility index (Phi) is 4.52. The summed E-state index contributed by atoms with van der Waals surface area (Å²) in [5, 5.41) is 3.36. The van der Waals surface area contributed by atoms with Gasteiger partial charge in [0.25, 0.3) is 0 Å². The van der Waals surface area contributed by atoms with Crippen molar-refractivity contribution < 1.29 is 17.9 Å². The zero-order valence-corrected chi connectivity index (χ0v) is 13.5. The summed E-state index contributed by atoms with van der Waals surface area (Å²) in [7, 11) is -1.89. The largest absolute Gasteiger partial charge is 0.383 e. The normalized spacial score (nSPS) is 24.6. The van der Waals surface area contributed by atoms with E-state index in [0.29, 0.717) is 31.3 Å². The second kappa shape index (κ2) is 6.25. The van der Waals surface area contributed by atoms with Gasteiger partial charge in [-0.1, -0.05) is 6.07 Å². The Labute approximate surface area is 131 Å². The molecular formula is C15H22N2O4S. The first kappa shape index (κ1) is 15.9. The number of nitrogens with one attached hydrogen (secondary N) is 2. The molecule has 2 aliphatic heterocycles. The summed E-state index contributed by atoms with van der Waals surface area (Å²) in [6.45, 7) is 2.75. The van der Waals surface area contributed by atoms with Gasteiger partial charge in [0.05, 0.1) is 30.3 Å². The van der Waals surface area contributed by atoms with E-state index in [1.165, 1.54) is 0 Å². The van der Waals surface area contributed by atoms with Crippen LogP contribution in [0.15, 0.2) is 23.1 Å². The van der Waals surface area contributed by atoms with E-state index in [-0.39, 0.29) is 5.54 Å². The van der Waals surface area contributed by atoms with E-state index in [9.17, 15) is 8.42 Å². The van der Waals surface area contributed by atoms with Crippen LogP contribution in [0.5, 0.6) is 0 Å². The number of fused-ring (bicyclic) bond motifs is 1. The molecule has 2 heterocycles. The highest BCUT2D eigenvalue weighted by Crippen LogP contribution is 2.24. The van der Waals surface area contributed by atoms with Gasteiger partial charge in [-0.25, -0.2) is 13.1 Å². The van der Waals surface area contributed by atoms with E-state index >= 15 is 0 Å².